The Morgan fingerprint density at radius 1 is 1.41 bits per heavy atom. The maximum Gasteiger partial charge on any atom is 0.337 e. The van der Waals surface area contributed by atoms with E-state index in [9.17, 15) is 4.79 Å². The van der Waals surface area contributed by atoms with Crippen molar-refractivity contribution in [1.82, 2.24) is 14.6 Å². The minimum Gasteiger partial charge on any atom is -0.478 e. The predicted molar refractivity (Wildman–Crippen MR) is 60.0 cm³/mol. The number of ether oxygens (including phenoxy) is 1. The summed E-state index contributed by atoms with van der Waals surface area (Å²) in [6, 6.07) is 3.11. The van der Waals surface area contributed by atoms with Gasteiger partial charge in [0.25, 0.3) is 0 Å². The van der Waals surface area contributed by atoms with Crippen LogP contribution in [0.25, 0.3) is 5.65 Å². The second kappa shape index (κ2) is 3.81. The molecule has 0 aliphatic carbocycles. The molecule has 2 heterocycles. The lowest BCUT2D eigenvalue weighted by Gasteiger charge is -2.20. The number of pyridine rings is 1. The molecule has 0 radical (unpaired) electrons. The molecule has 2 aromatic rings. The fraction of sp³-hybridized carbons (Fsp3) is 0.364. The van der Waals surface area contributed by atoms with Crippen molar-refractivity contribution in [2.24, 2.45) is 0 Å². The average molecular weight is 235 g/mol. The van der Waals surface area contributed by atoms with E-state index in [0.29, 0.717) is 11.5 Å². The van der Waals surface area contributed by atoms with Gasteiger partial charge in [-0.2, -0.15) is 0 Å². The van der Waals surface area contributed by atoms with Gasteiger partial charge in [-0.05, 0) is 26.0 Å². The third-order valence-corrected chi connectivity index (χ3v) is 2.70. The molecule has 0 fully saturated rings. The third kappa shape index (κ3) is 1.87. The van der Waals surface area contributed by atoms with Crippen LogP contribution in [0.1, 0.15) is 30.0 Å². The van der Waals surface area contributed by atoms with Crippen molar-refractivity contribution >= 4 is 11.6 Å². The summed E-state index contributed by atoms with van der Waals surface area (Å²) in [6.45, 7) is 3.69. The average Bonchev–Trinajstić information content (AvgIpc) is 2.72. The molecule has 2 rings (SSSR count). The third-order valence-electron chi connectivity index (χ3n) is 2.70. The predicted octanol–water partition coefficient (Wildman–Crippen LogP) is 1.31. The Balaban J connectivity index is 2.66. The molecule has 1 N–H and O–H groups in total. The van der Waals surface area contributed by atoms with E-state index >= 15 is 0 Å². The number of carbonyl (C=O) groups is 1. The van der Waals surface area contributed by atoms with E-state index in [0.717, 1.165) is 0 Å². The summed E-state index contributed by atoms with van der Waals surface area (Å²) < 4.78 is 6.95. The van der Waals surface area contributed by atoms with Gasteiger partial charge in [-0.25, -0.2) is 4.79 Å². The zero-order chi connectivity index (χ0) is 12.6. The van der Waals surface area contributed by atoms with Crippen LogP contribution in [0, 0.1) is 0 Å². The van der Waals surface area contributed by atoms with Gasteiger partial charge in [-0.15, -0.1) is 10.2 Å². The molecule has 0 saturated carbocycles. The first-order valence-corrected chi connectivity index (χ1v) is 5.09. The number of hydrogen-bond donors (Lipinski definition) is 1. The van der Waals surface area contributed by atoms with Crippen molar-refractivity contribution in [1.29, 1.82) is 0 Å². The number of aromatic nitrogens is 3. The van der Waals surface area contributed by atoms with E-state index in [1.54, 1.807) is 17.6 Å². The van der Waals surface area contributed by atoms with Crippen LogP contribution in [0.15, 0.2) is 18.3 Å². The van der Waals surface area contributed by atoms with Crippen molar-refractivity contribution in [3.63, 3.8) is 0 Å². The summed E-state index contributed by atoms with van der Waals surface area (Å²) >= 11 is 0. The topological polar surface area (TPSA) is 76.7 Å². The van der Waals surface area contributed by atoms with Gasteiger partial charge in [0.15, 0.2) is 11.5 Å². The summed E-state index contributed by atoms with van der Waals surface area (Å²) in [5.74, 6) is -0.417. The van der Waals surface area contributed by atoms with Crippen molar-refractivity contribution < 1.29 is 14.6 Å². The lowest BCUT2D eigenvalue weighted by Crippen LogP contribution is -2.23. The van der Waals surface area contributed by atoms with Crippen LogP contribution >= 0.6 is 0 Å². The van der Waals surface area contributed by atoms with Crippen LogP contribution in [-0.2, 0) is 10.3 Å². The Hall–Kier alpha value is -1.95. The van der Waals surface area contributed by atoms with Crippen LogP contribution < -0.4 is 0 Å². The first-order valence-electron chi connectivity index (χ1n) is 5.09. The van der Waals surface area contributed by atoms with Crippen LogP contribution in [0.4, 0.5) is 0 Å². The summed E-state index contributed by atoms with van der Waals surface area (Å²) in [5.41, 5.74) is 0.150. The van der Waals surface area contributed by atoms with Crippen LogP contribution in [0.3, 0.4) is 0 Å². The summed E-state index contributed by atoms with van der Waals surface area (Å²) in [4.78, 5) is 10.9. The quantitative estimate of drug-likeness (QED) is 0.867. The molecule has 0 aliphatic heterocycles. The smallest absolute Gasteiger partial charge is 0.337 e. The van der Waals surface area contributed by atoms with Crippen molar-refractivity contribution in [3.05, 3.63) is 29.7 Å². The first kappa shape index (κ1) is 11.5. The van der Waals surface area contributed by atoms with Crippen LogP contribution in [0.2, 0.25) is 0 Å². The SMILES string of the molecule is COC(C)(C)c1nnc2ccc(C(=O)O)cn12. The Morgan fingerprint density at radius 2 is 2.12 bits per heavy atom. The zero-order valence-electron chi connectivity index (χ0n) is 9.84. The highest BCUT2D eigenvalue weighted by molar-refractivity contribution is 5.87. The number of nitrogens with zero attached hydrogens (tertiary/aromatic N) is 3. The van der Waals surface area contributed by atoms with Gasteiger partial charge >= 0.3 is 5.97 Å². The molecule has 6 nitrogen and oxygen atoms in total. The van der Waals surface area contributed by atoms with E-state index in [2.05, 4.69) is 10.2 Å². The molecule has 17 heavy (non-hydrogen) atoms. The minimum absolute atomic E-state index is 0.186. The fourth-order valence-corrected chi connectivity index (χ4v) is 1.52. The second-order valence-electron chi connectivity index (χ2n) is 4.19. The molecule has 0 unspecified atom stereocenters. The van der Waals surface area contributed by atoms with Gasteiger partial charge in [-0.3, -0.25) is 4.40 Å². The molecular weight excluding hydrogens is 222 g/mol. The van der Waals surface area contributed by atoms with E-state index < -0.39 is 11.6 Å². The van der Waals surface area contributed by atoms with Gasteiger partial charge < -0.3 is 9.84 Å². The highest BCUT2D eigenvalue weighted by Crippen LogP contribution is 2.22. The van der Waals surface area contributed by atoms with E-state index in [1.165, 1.54) is 12.3 Å². The molecule has 90 valence electrons. The van der Waals surface area contributed by atoms with Crippen molar-refractivity contribution in [3.8, 4) is 0 Å². The van der Waals surface area contributed by atoms with E-state index in [-0.39, 0.29) is 5.56 Å². The summed E-state index contributed by atoms with van der Waals surface area (Å²) in [6.07, 6.45) is 1.49. The van der Waals surface area contributed by atoms with Crippen LogP contribution in [0.5, 0.6) is 0 Å². The number of methoxy groups -OCH3 is 1. The molecule has 0 aromatic carbocycles. The maximum atomic E-state index is 10.9. The monoisotopic (exact) mass is 235 g/mol. The Morgan fingerprint density at radius 3 is 2.71 bits per heavy atom. The Labute approximate surface area is 97.9 Å². The van der Waals surface area contributed by atoms with E-state index in [4.69, 9.17) is 9.84 Å². The molecule has 0 saturated heterocycles. The zero-order valence-corrected chi connectivity index (χ0v) is 9.84. The Kier molecular flexibility index (Phi) is 2.59. The lowest BCUT2D eigenvalue weighted by atomic mass is 10.1. The number of carboxylic acid groups (broad SMARTS) is 1. The normalized spacial score (nSPS) is 11.9. The molecule has 0 aliphatic rings. The first-order chi connectivity index (χ1) is 7.95. The van der Waals surface area contributed by atoms with Gasteiger partial charge in [0.05, 0.1) is 5.56 Å². The van der Waals surface area contributed by atoms with Gasteiger partial charge in [0.1, 0.15) is 5.60 Å². The molecule has 0 bridgehead atoms. The number of hydrogen-bond acceptors (Lipinski definition) is 4. The molecule has 2 aromatic heterocycles. The highest BCUT2D eigenvalue weighted by atomic mass is 16.5. The molecule has 0 spiro atoms. The fourth-order valence-electron chi connectivity index (χ4n) is 1.52. The molecular formula is C11H13N3O3. The van der Waals surface area contributed by atoms with Crippen LogP contribution in [-0.4, -0.2) is 32.8 Å². The van der Waals surface area contributed by atoms with Gasteiger partial charge in [-0.1, -0.05) is 0 Å². The van der Waals surface area contributed by atoms with Crippen molar-refractivity contribution in [2.45, 2.75) is 19.4 Å². The summed E-state index contributed by atoms with van der Waals surface area (Å²) in [7, 11) is 1.57. The number of aromatic carboxylic acids is 1. The van der Waals surface area contributed by atoms with Gasteiger partial charge in [0.2, 0.25) is 0 Å². The minimum atomic E-state index is -0.984. The second-order valence-corrected chi connectivity index (χ2v) is 4.19. The Bertz CT molecular complexity index is 574. The standard InChI is InChI=1S/C11H13N3O3/c1-11(2,17-3)10-13-12-8-5-4-7(9(15)16)6-14(8)10/h4-6H,1-3H3,(H,15,16). The van der Waals surface area contributed by atoms with Gasteiger partial charge in [0, 0.05) is 13.3 Å². The summed E-state index contributed by atoms with van der Waals surface area (Å²) in [5, 5.41) is 17.0. The van der Waals surface area contributed by atoms with Crippen molar-refractivity contribution in [2.75, 3.05) is 7.11 Å². The number of rotatable bonds is 3. The molecule has 0 amide bonds. The van der Waals surface area contributed by atoms with E-state index in [1.807, 2.05) is 13.8 Å². The lowest BCUT2D eigenvalue weighted by molar-refractivity contribution is 0.0106. The number of fused-ring (bicyclic) bond motifs is 1. The highest BCUT2D eigenvalue weighted by Gasteiger charge is 2.26. The number of carboxylic acids is 1. The molecule has 0 atom stereocenters. The molecule has 6 heteroatoms. The largest absolute Gasteiger partial charge is 0.478 e. The maximum absolute atomic E-state index is 10.9.